The molecular formula is C21H23BClNO3. The molecule has 4 rings (SSSR count). The van der Waals surface area contributed by atoms with Gasteiger partial charge in [0.15, 0.2) is 0 Å². The van der Waals surface area contributed by atoms with E-state index in [9.17, 15) is 4.79 Å². The van der Waals surface area contributed by atoms with Crippen LogP contribution in [0, 0.1) is 0 Å². The van der Waals surface area contributed by atoms with Gasteiger partial charge in [0.05, 0.1) is 11.2 Å². The number of amides is 1. The van der Waals surface area contributed by atoms with E-state index in [1.807, 2.05) is 75.1 Å². The zero-order chi connectivity index (χ0) is 19.4. The van der Waals surface area contributed by atoms with Crippen LogP contribution in [0.5, 0.6) is 0 Å². The van der Waals surface area contributed by atoms with Crippen molar-refractivity contribution >= 4 is 30.1 Å². The molecule has 6 heteroatoms. The Kier molecular flexibility index (Phi) is 4.37. The number of halogens is 1. The van der Waals surface area contributed by atoms with E-state index in [-0.39, 0.29) is 5.91 Å². The highest BCUT2D eigenvalue weighted by Gasteiger charge is 2.52. The van der Waals surface area contributed by atoms with Crippen LogP contribution in [-0.2, 0) is 22.4 Å². The van der Waals surface area contributed by atoms with E-state index in [0.717, 1.165) is 11.1 Å². The van der Waals surface area contributed by atoms with Crippen molar-refractivity contribution in [3.05, 3.63) is 64.2 Å². The highest BCUT2D eigenvalue weighted by Crippen LogP contribution is 2.37. The Morgan fingerprint density at radius 1 is 1.07 bits per heavy atom. The van der Waals surface area contributed by atoms with Crippen LogP contribution in [-0.4, -0.2) is 29.1 Å². The Morgan fingerprint density at radius 2 is 1.70 bits per heavy atom. The third-order valence-electron chi connectivity index (χ3n) is 5.82. The first-order valence-corrected chi connectivity index (χ1v) is 9.57. The largest absolute Gasteiger partial charge is 0.496 e. The van der Waals surface area contributed by atoms with Crippen molar-refractivity contribution in [1.82, 2.24) is 4.90 Å². The molecule has 2 aromatic carbocycles. The maximum atomic E-state index is 12.9. The van der Waals surface area contributed by atoms with Gasteiger partial charge in [0.2, 0.25) is 0 Å². The van der Waals surface area contributed by atoms with Crippen molar-refractivity contribution in [1.29, 1.82) is 0 Å². The van der Waals surface area contributed by atoms with Crippen molar-refractivity contribution in [3.8, 4) is 0 Å². The molecule has 2 aromatic rings. The smallest absolute Gasteiger partial charge is 0.399 e. The fourth-order valence-electron chi connectivity index (χ4n) is 3.49. The van der Waals surface area contributed by atoms with E-state index in [1.54, 1.807) is 0 Å². The molecule has 0 unspecified atom stereocenters. The molecule has 0 saturated carbocycles. The maximum absolute atomic E-state index is 12.9. The van der Waals surface area contributed by atoms with Crippen LogP contribution < -0.4 is 5.46 Å². The lowest BCUT2D eigenvalue weighted by Gasteiger charge is -2.32. The van der Waals surface area contributed by atoms with Crippen LogP contribution >= 0.6 is 11.6 Å². The van der Waals surface area contributed by atoms with Gasteiger partial charge < -0.3 is 14.2 Å². The number of rotatable bonds is 3. The fourth-order valence-corrected chi connectivity index (χ4v) is 3.77. The third kappa shape index (κ3) is 3.18. The highest BCUT2D eigenvalue weighted by atomic mass is 35.5. The van der Waals surface area contributed by atoms with Gasteiger partial charge in [-0.2, -0.15) is 0 Å². The summed E-state index contributed by atoms with van der Waals surface area (Å²) >= 11 is 6.54. The summed E-state index contributed by atoms with van der Waals surface area (Å²) in [7, 11) is -0.580. The molecule has 140 valence electrons. The van der Waals surface area contributed by atoms with Crippen LogP contribution in [0.1, 0.15) is 49.2 Å². The van der Waals surface area contributed by atoms with Gasteiger partial charge >= 0.3 is 7.12 Å². The molecule has 0 radical (unpaired) electrons. The molecule has 0 N–H and O–H groups in total. The summed E-state index contributed by atoms with van der Waals surface area (Å²) in [6, 6.07) is 13.7. The van der Waals surface area contributed by atoms with Crippen LogP contribution in [0.25, 0.3) is 0 Å². The van der Waals surface area contributed by atoms with Gasteiger partial charge in [-0.3, -0.25) is 4.79 Å². The molecule has 0 bridgehead atoms. The summed E-state index contributed by atoms with van der Waals surface area (Å²) in [5, 5.41) is 0.571. The van der Waals surface area contributed by atoms with Gasteiger partial charge in [-0.15, -0.1) is 0 Å². The summed E-state index contributed by atoms with van der Waals surface area (Å²) in [4.78, 5) is 14.8. The van der Waals surface area contributed by atoms with Crippen molar-refractivity contribution in [3.63, 3.8) is 0 Å². The summed E-state index contributed by atoms with van der Waals surface area (Å²) in [6.07, 6.45) is 0. The molecule has 1 saturated heterocycles. The number of hydrogen-bond acceptors (Lipinski definition) is 3. The molecule has 1 fully saturated rings. The number of benzene rings is 2. The number of nitrogens with zero attached hydrogens (tertiary/aromatic N) is 1. The van der Waals surface area contributed by atoms with Gasteiger partial charge in [-0.05, 0) is 51.0 Å². The standard InChI is InChI=1S/C21H23BClNO3/c1-20(2)21(3,4)27-22(26-20)17-11-16-15(10-18(17)23)13-24(19(16)25)12-14-8-6-5-7-9-14/h5-11H,12-13H2,1-4H3. The molecule has 2 aliphatic heterocycles. The Morgan fingerprint density at radius 3 is 2.33 bits per heavy atom. The van der Waals surface area contributed by atoms with Gasteiger partial charge in [0.25, 0.3) is 5.91 Å². The second-order valence-corrected chi connectivity index (χ2v) is 8.67. The van der Waals surface area contributed by atoms with Crippen LogP contribution in [0.2, 0.25) is 5.02 Å². The van der Waals surface area contributed by atoms with Gasteiger partial charge in [-0.25, -0.2) is 0 Å². The van der Waals surface area contributed by atoms with Gasteiger partial charge in [0, 0.05) is 29.1 Å². The first-order chi connectivity index (χ1) is 12.7. The Labute approximate surface area is 165 Å². The van der Waals surface area contributed by atoms with Crippen LogP contribution in [0.3, 0.4) is 0 Å². The summed E-state index contributed by atoms with van der Waals surface area (Å²) in [5.41, 5.74) is 2.54. The lowest BCUT2D eigenvalue weighted by molar-refractivity contribution is 0.00578. The zero-order valence-electron chi connectivity index (χ0n) is 16.1. The van der Waals surface area contributed by atoms with E-state index in [0.29, 0.717) is 29.1 Å². The van der Waals surface area contributed by atoms with E-state index in [1.165, 1.54) is 0 Å². The summed E-state index contributed by atoms with van der Waals surface area (Å²) in [6.45, 7) is 9.15. The minimum absolute atomic E-state index is 0.0169. The van der Waals surface area contributed by atoms with Crippen LogP contribution in [0.15, 0.2) is 42.5 Å². The highest BCUT2D eigenvalue weighted by molar-refractivity contribution is 6.65. The van der Waals surface area contributed by atoms with E-state index in [4.69, 9.17) is 20.9 Å². The first-order valence-electron chi connectivity index (χ1n) is 9.19. The molecule has 2 aliphatic rings. The number of fused-ring (bicyclic) bond motifs is 1. The Bertz CT molecular complexity index is 882. The molecule has 2 heterocycles. The van der Waals surface area contributed by atoms with Crippen molar-refractivity contribution in [2.75, 3.05) is 0 Å². The van der Waals surface area contributed by atoms with Crippen molar-refractivity contribution in [2.45, 2.75) is 52.0 Å². The van der Waals surface area contributed by atoms with E-state index >= 15 is 0 Å². The lowest BCUT2D eigenvalue weighted by Crippen LogP contribution is -2.41. The molecule has 1 amide bonds. The predicted molar refractivity (Wildman–Crippen MR) is 107 cm³/mol. The van der Waals surface area contributed by atoms with Crippen molar-refractivity contribution < 1.29 is 14.1 Å². The number of hydrogen-bond donors (Lipinski definition) is 0. The Hall–Kier alpha value is -1.82. The lowest BCUT2D eigenvalue weighted by atomic mass is 9.77. The zero-order valence-corrected chi connectivity index (χ0v) is 16.8. The molecular weight excluding hydrogens is 361 g/mol. The fraction of sp³-hybridized carbons (Fsp3) is 0.381. The third-order valence-corrected chi connectivity index (χ3v) is 6.15. The average molecular weight is 384 g/mol. The molecule has 0 aliphatic carbocycles. The predicted octanol–water partition coefficient (Wildman–Crippen LogP) is 3.80. The SMILES string of the molecule is CC1(C)OB(c2cc3c(cc2Cl)CN(Cc2ccccc2)C3=O)OC1(C)C. The summed E-state index contributed by atoms with van der Waals surface area (Å²) < 4.78 is 12.2. The second kappa shape index (κ2) is 6.37. The summed E-state index contributed by atoms with van der Waals surface area (Å²) in [5.74, 6) is 0.0169. The molecule has 0 spiro atoms. The minimum atomic E-state index is -0.580. The Balaban J connectivity index is 1.61. The topological polar surface area (TPSA) is 38.8 Å². The monoisotopic (exact) mass is 383 g/mol. The minimum Gasteiger partial charge on any atom is -0.399 e. The van der Waals surface area contributed by atoms with Crippen molar-refractivity contribution in [2.24, 2.45) is 0 Å². The van der Waals surface area contributed by atoms with E-state index in [2.05, 4.69) is 0 Å². The quantitative estimate of drug-likeness (QED) is 0.757. The van der Waals surface area contributed by atoms with Crippen LogP contribution in [0.4, 0.5) is 0 Å². The second-order valence-electron chi connectivity index (χ2n) is 8.27. The molecule has 0 aromatic heterocycles. The van der Waals surface area contributed by atoms with Gasteiger partial charge in [-0.1, -0.05) is 41.9 Å². The van der Waals surface area contributed by atoms with E-state index < -0.39 is 18.3 Å². The van der Waals surface area contributed by atoms with Gasteiger partial charge in [0.1, 0.15) is 0 Å². The maximum Gasteiger partial charge on any atom is 0.496 e. The molecule has 4 nitrogen and oxygen atoms in total. The normalized spacial score (nSPS) is 20.3. The first kappa shape index (κ1) is 18.5. The number of carbonyl (C=O) groups is 1. The number of carbonyl (C=O) groups excluding carboxylic acids is 1. The molecule has 27 heavy (non-hydrogen) atoms. The average Bonchev–Trinajstić information content (AvgIpc) is 3.00. The molecule has 0 atom stereocenters.